The Labute approximate surface area is 171 Å². The number of carbonyl (C=O) groups is 2. The molecule has 2 amide bonds. The minimum atomic E-state index is -0.452. The quantitative estimate of drug-likeness (QED) is 0.713. The summed E-state index contributed by atoms with van der Waals surface area (Å²) < 4.78 is 5.83. The van der Waals surface area contributed by atoms with E-state index in [4.69, 9.17) is 16.3 Å². The van der Waals surface area contributed by atoms with Crippen LogP contribution < -0.4 is 15.6 Å². The molecule has 0 saturated carbocycles. The van der Waals surface area contributed by atoms with Crippen molar-refractivity contribution < 1.29 is 14.3 Å². The van der Waals surface area contributed by atoms with Crippen LogP contribution in [0.4, 0.5) is 0 Å². The van der Waals surface area contributed by atoms with Crippen molar-refractivity contribution >= 4 is 46.9 Å². The van der Waals surface area contributed by atoms with Gasteiger partial charge in [-0.25, -0.2) is 0 Å². The Morgan fingerprint density at radius 3 is 2.48 bits per heavy atom. The standard InChI is InChI=1S/C19H19ClN2O3S2/c1-12-10-15(6-7-16(12)20)25-11-17(23)21-22-18(24)13-2-4-14(5-3-13)19-26-8-9-27-19/h2-7,10,19H,8-9,11H2,1H3,(H,21,23)(H,22,24). The van der Waals surface area contributed by atoms with Crippen LogP contribution in [0.15, 0.2) is 42.5 Å². The smallest absolute Gasteiger partial charge is 0.276 e. The van der Waals surface area contributed by atoms with Crippen LogP contribution in [-0.2, 0) is 4.79 Å². The number of thioether (sulfide) groups is 2. The van der Waals surface area contributed by atoms with Crippen molar-refractivity contribution in [3.63, 3.8) is 0 Å². The molecule has 0 radical (unpaired) electrons. The molecule has 1 heterocycles. The highest BCUT2D eigenvalue weighted by Gasteiger charge is 2.18. The maximum absolute atomic E-state index is 12.1. The molecule has 2 N–H and O–H groups in total. The van der Waals surface area contributed by atoms with Crippen molar-refractivity contribution in [2.24, 2.45) is 0 Å². The van der Waals surface area contributed by atoms with E-state index in [1.807, 2.05) is 42.6 Å². The number of carbonyl (C=O) groups excluding carboxylic acids is 2. The number of hydrazine groups is 1. The second-order valence-electron chi connectivity index (χ2n) is 5.90. The second-order valence-corrected chi connectivity index (χ2v) is 9.03. The number of hydrogen-bond acceptors (Lipinski definition) is 5. The summed E-state index contributed by atoms with van der Waals surface area (Å²) in [7, 11) is 0. The van der Waals surface area contributed by atoms with Crippen molar-refractivity contribution in [1.82, 2.24) is 10.9 Å². The van der Waals surface area contributed by atoms with Crippen LogP contribution in [0.25, 0.3) is 0 Å². The lowest BCUT2D eigenvalue weighted by atomic mass is 10.1. The molecular weight excluding hydrogens is 404 g/mol. The van der Waals surface area contributed by atoms with Crippen LogP contribution in [0.1, 0.15) is 26.1 Å². The number of rotatable bonds is 5. The number of ether oxygens (including phenoxy) is 1. The van der Waals surface area contributed by atoms with Gasteiger partial charge < -0.3 is 4.74 Å². The zero-order valence-electron chi connectivity index (χ0n) is 14.7. The van der Waals surface area contributed by atoms with Crippen LogP contribution in [0.5, 0.6) is 5.75 Å². The maximum Gasteiger partial charge on any atom is 0.276 e. The minimum Gasteiger partial charge on any atom is -0.484 e. The van der Waals surface area contributed by atoms with E-state index >= 15 is 0 Å². The Kier molecular flexibility index (Phi) is 6.93. The molecule has 1 saturated heterocycles. The first-order valence-corrected chi connectivity index (χ1v) is 10.8. The van der Waals surface area contributed by atoms with E-state index in [1.54, 1.807) is 30.3 Å². The van der Waals surface area contributed by atoms with Gasteiger partial charge in [-0.3, -0.25) is 20.4 Å². The zero-order chi connectivity index (χ0) is 19.2. The first kappa shape index (κ1) is 19.9. The molecule has 2 aromatic carbocycles. The molecule has 0 spiro atoms. The third-order valence-corrected chi connectivity index (χ3v) is 7.41. The molecule has 0 aliphatic carbocycles. The Morgan fingerprint density at radius 1 is 1.11 bits per heavy atom. The molecule has 1 fully saturated rings. The van der Waals surface area contributed by atoms with E-state index in [0.717, 1.165) is 17.1 Å². The van der Waals surface area contributed by atoms with Gasteiger partial charge in [-0.05, 0) is 48.4 Å². The number of amides is 2. The molecule has 0 unspecified atom stereocenters. The molecule has 1 aliphatic heterocycles. The fourth-order valence-corrected chi connectivity index (χ4v) is 5.41. The van der Waals surface area contributed by atoms with E-state index < -0.39 is 5.91 Å². The summed E-state index contributed by atoms with van der Waals surface area (Å²) in [6, 6.07) is 12.6. The number of hydrogen-bond donors (Lipinski definition) is 2. The summed E-state index contributed by atoms with van der Waals surface area (Å²) in [5, 5.41) is 0.634. The summed E-state index contributed by atoms with van der Waals surface area (Å²) in [6.07, 6.45) is 0. The molecule has 0 atom stereocenters. The number of nitrogens with one attached hydrogen (secondary N) is 2. The van der Waals surface area contributed by atoms with Gasteiger partial charge in [0.1, 0.15) is 5.75 Å². The first-order chi connectivity index (χ1) is 13.0. The van der Waals surface area contributed by atoms with Gasteiger partial charge in [0.25, 0.3) is 11.8 Å². The average molecular weight is 423 g/mol. The molecule has 5 nitrogen and oxygen atoms in total. The van der Waals surface area contributed by atoms with E-state index in [1.165, 1.54) is 5.56 Å². The largest absolute Gasteiger partial charge is 0.484 e. The predicted octanol–water partition coefficient (Wildman–Crippen LogP) is 3.97. The minimum absolute atomic E-state index is 0.212. The summed E-state index contributed by atoms with van der Waals surface area (Å²) >= 11 is 9.77. The van der Waals surface area contributed by atoms with Gasteiger partial charge in [-0.15, -0.1) is 23.5 Å². The molecule has 0 aromatic heterocycles. The van der Waals surface area contributed by atoms with Gasteiger partial charge in [-0.1, -0.05) is 23.7 Å². The van der Waals surface area contributed by atoms with E-state index in [0.29, 0.717) is 20.9 Å². The van der Waals surface area contributed by atoms with E-state index in [-0.39, 0.29) is 12.5 Å². The monoisotopic (exact) mass is 422 g/mol. The third kappa shape index (κ3) is 5.57. The van der Waals surface area contributed by atoms with E-state index in [9.17, 15) is 9.59 Å². The fourth-order valence-electron chi connectivity index (χ4n) is 2.43. The van der Waals surface area contributed by atoms with Gasteiger partial charge in [0, 0.05) is 22.1 Å². The molecule has 27 heavy (non-hydrogen) atoms. The molecule has 142 valence electrons. The number of halogens is 1. The number of aryl methyl sites for hydroxylation is 1. The summed E-state index contributed by atoms with van der Waals surface area (Å²) in [5.41, 5.74) is 7.30. The van der Waals surface area contributed by atoms with Crippen molar-refractivity contribution in [3.8, 4) is 5.75 Å². The van der Waals surface area contributed by atoms with Crippen LogP contribution in [0, 0.1) is 6.92 Å². The predicted molar refractivity (Wildman–Crippen MR) is 111 cm³/mol. The van der Waals surface area contributed by atoms with Crippen LogP contribution >= 0.6 is 35.1 Å². The van der Waals surface area contributed by atoms with Gasteiger partial charge in [0.15, 0.2) is 6.61 Å². The van der Waals surface area contributed by atoms with Crippen molar-refractivity contribution in [1.29, 1.82) is 0 Å². The topological polar surface area (TPSA) is 67.4 Å². The van der Waals surface area contributed by atoms with Crippen LogP contribution in [0.3, 0.4) is 0 Å². The highest BCUT2D eigenvalue weighted by Crippen LogP contribution is 2.45. The molecule has 0 bridgehead atoms. The van der Waals surface area contributed by atoms with Crippen molar-refractivity contribution in [3.05, 3.63) is 64.2 Å². The summed E-state index contributed by atoms with van der Waals surface area (Å²) in [6.45, 7) is 1.64. The SMILES string of the molecule is Cc1cc(OCC(=O)NNC(=O)c2ccc(C3SCCS3)cc2)ccc1Cl. The Morgan fingerprint density at radius 2 is 1.81 bits per heavy atom. The number of benzene rings is 2. The Hall–Kier alpha value is -1.83. The highest BCUT2D eigenvalue weighted by atomic mass is 35.5. The van der Waals surface area contributed by atoms with Gasteiger partial charge in [0.2, 0.25) is 0 Å². The van der Waals surface area contributed by atoms with Gasteiger partial charge >= 0.3 is 0 Å². The average Bonchev–Trinajstić information content (AvgIpc) is 3.22. The Balaban J connectivity index is 1.45. The molecule has 1 aliphatic rings. The summed E-state index contributed by atoms with van der Waals surface area (Å²) in [5.74, 6) is 2.02. The van der Waals surface area contributed by atoms with Gasteiger partial charge in [0.05, 0.1) is 4.58 Å². The molecule has 3 rings (SSSR count). The Bertz CT molecular complexity index is 824. The summed E-state index contributed by atoms with van der Waals surface area (Å²) in [4.78, 5) is 24.0. The highest BCUT2D eigenvalue weighted by molar-refractivity contribution is 8.19. The lowest BCUT2D eigenvalue weighted by Crippen LogP contribution is -2.43. The third-order valence-electron chi connectivity index (χ3n) is 3.88. The van der Waals surface area contributed by atoms with Crippen molar-refractivity contribution in [2.45, 2.75) is 11.5 Å². The second kappa shape index (κ2) is 9.39. The van der Waals surface area contributed by atoms with Crippen LogP contribution in [0.2, 0.25) is 5.02 Å². The van der Waals surface area contributed by atoms with Crippen LogP contribution in [-0.4, -0.2) is 29.9 Å². The zero-order valence-corrected chi connectivity index (χ0v) is 17.0. The van der Waals surface area contributed by atoms with Gasteiger partial charge in [-0.2, -0.15) is 0 Å². The maximum atomic E-state index is 12.1. The van der Waals surface area contributed by atoms with Crippen molar-refractivity contribution in [2.75, 3.05) is 18.1 Å². The molecular formula is C19H19ClN2O3S2. The lowest BCUT2D eigenvalue weighted by molar-refractivity contribution is -0.123. The molecule has 2 aromatic rings. The molecule has 8 heteroatoms. The van der Waals surface area contributed by atoms with E-state index in [2.05, 4.69) is 10.9 Å². The fraction of sp³-hybridized carbons (Fsp3) is 0.263. The first-order valence-electron chi connectivity index (χ1n) is 8.34. The lowest BCUT2D eigenvalue weighted by Gasteiger charge is -2.11. The normalized spacial score (nSPS) is 14.0.